The molecule has 0 unspecified atom stereocenters. The van der Waals surface area contributed by atoms with Crippen molar-refractivity contribution in [2.24, 2.45) is 5.10 Å². The molecule has 3 aliphatic heterocycles. The number of hydrogen-bond acceptors (Lipinski definition) is 5. The number of likely N-dealkylation sites (N-methyl/N-ethyl adjacent to an activating group) is 1. The molecule has 0 fully saturated rings. The Morgan fingerprint density at radius 3 is 2.67 bits per heavy atom. The van der Waals surface area contributed by atoms with E-state index in [1.807, 2.05) is 24.2 Å². The van der Waals surface area contributed by atoms with Gasteiger partial charge < -0.3 is 4.90 Å². The summed E-state index contributed by atoms with van der Waals surface area (Å²) in [4.78, 5) is 1.99. The SMILES string of the molecule is CN1C=C2C(=C(C3=CCN(S(C)(=O)=O)CC3)C1)NN=C1C=C(F)c3cc(F)cc2c31. The molecule has 1 aromatic rings. The number of nitrogens with zero attached hydrogens (tertiary/aromatic N) is 3. The zero-order valence-electron chi connectivity index (χ0n) is 16.5. The van der Waals surface area contributed by atoms with Gasteiger partial charge in [0.05, 0.1) is 17.7 Å². The highest BCUT2D eigenvalue weighted by atomic mass is 32.2. The van der Waals surface area contributed by atoms with Crippen LogP contribution in [0.2, 0.25) is 0 Å². The van der Waals surface area contributed by atoms with Crippen LogP contribution in [0, 0.1) is 5.82 Å². The molecule has 0 spiro atoms. The van der Waals surface area contributed by atoms with E-state index >= 15 is 0 Å². The fraction of sp³-hybridized carbons (Fsp3) is 0.286. The summed E-state index contributed by atoms with van der Waals surface area (Å²) < 4.78 is 53.8. The normalized spacial score (nSPS) is 21.1. The van der Waals surface area contributed by atoms with Crippen molar-refractivity contribution in [3.63, 3.8) is 0 Å². The fourth-order valence-corrected chi connectivity index (χ4v) is 5.17. The number of fused-ring (bicyclic) bond motifs is 2. The highest BCUT2D eigenvalue weighted by Crippen LogP contribution is 2.41. The molecule has 1 aliphatic carbocycles. The summed E-state index contributed by atoms with van der Waals surface area (Å²) in [7, 11) is -1.33. The Bertz CT molecular complexity index is 1240. The molecule has 1 aromatic carbocycles. The monoisotopic (exact) mass is 430 g/mol. The average Bonchev–Trinajstić information content (AvgIpc) is 2.92. The van der Waals surface area contributed by atoms with Crippen molar-refractivity contribution < 1.29 is 17.2 Å². The van der Waals surface area contributed by atoms with Gasteiger partial charge in [0.2, 0.25) is 10.0 Å². The van der Waals surface area contributed by atoms with Gasteiger partial charge in [-0.2, -0.15) is 9.41 Å². The van der Waals surface area contributed by atoms with E-state index in [0.717, 1.165) is 22.4 Å². The van der Waals surface area contributed by atoms with Crippen molar-refractivity contribution in [2.75, 3.05) is 32.9 Å². The second kappa shape index (κ2) is 6.61. The van der Waals surface area contributed by atoms with Crippen molar-refractivity contribution >= 4 is 27.1 Å². The molecule has 0 saturated carbocycles. The van der Waals surface area contributed by atoms with Gasteiger partial charge in [0.25, 0.3) is 0 Å². The minimum absolute atomic E-state index is 0.211. The highest BCUT2D eigenvalue weighted by Gasteiger charge is 2.33. The van der Waals surface area contributed by atoms with E-state index in [2.05, 4.69) is 10.5 Å². The van der Waals surface area contributed by atoms with Gasteiger partial charge in [-0.05, 0) is 29.7 Å². The predicted molar refractivity (Wildman–Crippen MR) is 112 cm³/mol. The van der Waals surface area contributed by atoms with Crippen molar-refractivity contribution in [1.82, 2.24) is 14.6 Å². The summed E-state index contributed by atoms with van der Waals surface area (Å²) in [5.41, 5.74) is 8.39. The lowest BCUT2D eigenvalue weighted by Gasteiger charge is -2.32. The molecule has 156 valence electrons. The third-order valence-electron chi connectivity index (χ3n) is 5.81. The number of allylic oxidation sites excluding steroid dienone is 2. The lowest BCUT2D eigenvalue weighted by molar-refractivity contribution is 0.431. The predicted octanol–water partition coefficient (Wildman–Crippen LogP) is 2.59. The van der Waals surface area contributed by atoms with Crippen molar-refractivity contribution in [2.45, 2.75) is 6.42 Å². The topological polar surface area (TPSA) is 65.0 Å². The van der Waals surface area contributed by atoms with E-state index in [1.54, 1.807) is 0 Å². The van der Waals surface area contributed by atoms with Crippen LogP contribution in [-0.4, -0.2) is 56.3 Å². The van der Waals surface area contributed by atoms with Crippen LogP contribution >= 0.6 is 0 Å². The van der Waals surface area contributed by atoms with Gasteiger partial charge in [-0.1, -0.05) is 6.08 Å². The molecule has 5 rings (SSSR count). The summed E-state index contributed by atoms with van der Waals surface area (Å²) in [6.07, 6.45) is 6.92. The van der Waals surface area contributed by atoms with E-state index in [4.69, 9.17) is 0 Å². The molecular weight excluding hydrogens is 410 g/mol. The Morgan fingerprint density at radius 1 is 1.20 bits per heavy atom. The molecule has 0 radical (unpaired) electrons. The number of hydrogen-bond donors (Lipinski definition) is 1. The van der Waals surface area contributed by atoms with Gasteiger partial charge in [0, 0.05) is 61.2 Å². The highest BCUT2D eigenvalue weighted by molar-refractivity contribution is 7.88. The first-order valence-electron chi connectivity index (χ1n) is 9.58. The van der Waals surface area contributed by atoms with E-state index in [9.17, 15) is 17.2 Å². The second-order valence-corrected chi connectivity index (χ2v) is 9.87. The maximum absolute atomic E-state index is 14.4. The summed E-state index contributed by atoms with van der Waals surface area (Å²) in [5.74, 6) is -1.01. The van der Waals surface area contributed by atoms with Crippen LogP contribution in [-0.2, 0) is 10.0 Å². The first kappa shape index (κ1) is 19.2. The molecule has 0 atom stereocenters. The van der Waals surface area contributed by atoms with Gasteiger partial charge in [0.1, 0.15) is 11.6 Å². The summed E-state index contributed by atoms with van der Waals surface area (Å²) in [6, 6.07) is 2.61. The quantitative estimate of drug-likeness (QED) is 0.784. The third-order valence-corrected chi connectivity index (χ3v) is 7.08. The first-order valence-corrected chi connectivity index (χ1v) is 11.4. The lowest BCUT2D eigenvalue weighted by Crippen LogP contribution is -2.35. The number of hydrazone groups is 1. The summed E-state index contributed by atoms with van der Waals surface area (Å²) >= 11 is 0. The van der Waals surface area contributed by atoms with Crippen LogP contribution in [0.4, 0.5) is 8.78 Å². The van der Waals surface area contributed by atoms with Gasteiger partial charge in [-0.25, -0.2) is 17.2 Å². The maximum Gasteiger partial charge on any atom is 0.211 e. The maximum atomic E-state index is 14.4. The Balaban J connectivity index is 1.65. The average molecular weight is 430 g/mol. The minimum atomic E-state index is -3.24. The van der Waals surface area contributed by atoms with E-state index < -0.39 is 21.7 Å². The second-order valence-electron chi connectivity index (χ2n) is 7.89. The molecule has 0 aromatic heterocycles. The number of benzene rings is 1. The molecule has 4 aliphatic rings. The molecule has 9 heteroatoms. The van der Waals surface area contributed by atoms with Crippen LogP contribution < -0.4 is 5.43 Å². The van der Waals surface area contributed by atoms with Crippen LogP contribution in [0.5, 0.6) is 0 Å². The van der Waals surface area contributed by atoms with Crippen molar-refractivity contribution in [3.05, 3.63) is 69.8 Å². The number of nitrogens with one attached hydrogen (secondary N) is 1. The van der Waals surface area contributed by atoms with Crippen LogP contribution in [0.25, 0.3) is 11.4 Å². The fourth-order valence-electron chi connectivity index (χ4n) is 4.40. The third kappa shape index (κ3) is 3.00. The Morgan fingerprint density at radius 2 is 1.97 bits per heavy atom. The van der Waals surface area contributed by atoms with Crippen LogP contribution in [0.3, 0.4) is 0 Å². The van der Waals surface area contributed by atoms with E-state index in [0.29, 0.717) is 42.9 Å². The molecule has 0 bridgehead atoms. The number of halogens is 2. The van der Waals surface area contributed by atoms with Crippen molar-refractivity contribution in [3.8, 4) is 0 Å². The standard InChI is InChI=1S/C21H20F2N4O2S/c1-26-10-16(12-3-5-27(6-4-12)30(2,28)29)21-17(11-26)14-7-13(22)8-15-18(23)9-19(20(14)15)24-25-21/h3,7-9,11,25H,4-6,10H2,1-2H3. The first-order chi connectivity index (χ1) is 14.2. The molecule has 6 nitrogen and oxygen atoms in total. The lowest BCUT2D eigenvalue weighted by atomic mass is 9.88. The van der Waals surface area contributed by atoms with E-state index in [1.165, 1.54) is 28.8 Å². The van der Waals surface area contributed by atoms with Crippen LogP contribution in [0.1, 0.15) is 23.1 Å². The van der Waals surface area contributed by atoms with Crippen molar-refractivity contribution in [1.29, 1.82) is 0 Å². The van der Waals surface area contributed by atoms with Gasteiger partial charge in [0.15, 0.2) is 0 Å². The molecule has 3 heterocycles. The Labute approximate surface area is 173 Å². The molecule has 0 amide bonds. The molecule has 0 saturated heterocycles. The minimum Gasteiger partial charge on any atom is -0.375 e. The van der Waals surface area contributed by atoms with E-state index in [-0.39, 0.29) is 5.56 Å². The zero-order valence-corrected chi connectivity index (χ0v) is 17.4. The molecule has 30 heavy (non-hydrogen) atoms. The smallest absolute Gasteiger partial charge is 0.211 e. The summed E-state index contributed by atoms with van der Waals surface area (Å²) in [5, 5.41) is 4.40. The number of sulfonamides is 1. The molecular formula is C21H20F2N4O2S. The van der Waals surface area contributed by atoms with Crippen LogP contribution in [0.15, 0.2) is 52.4 Å². The molecule has 1 N–H and O–H groups in total. The van der Waals surface area contributed by atoms with Gasteiger partial charge in [-0.15, -0.1) is 0 Å². The summed E-state index contributed by atoms with van der Waals surface area (Å²) in [6.45, 7) is 1.32. The van der Waals surface area contributed by atoms with Gasteiger partial charge in [-0.3, -0.25) is 5.43 Å². The Hall–Kier alpha value is -2.78. The largest absolute Gasteiger partial charge is 0.375 e. The number of rotatable bonds is 2. The van der Waals surface area contributed by atoms with Gasteiger partial charge >= 0.3 is 0 Å². The Kier molecular flexibility index (Phi) is 4.23. The zero-order chi connectivity index (χ0) is 21.2.